The Morgan fingerprint density at radius 1 is 0.737 bits per heavy atom. The van der Waals surface area contributed by atoms with E-state index in [0.717, 1.165) is 5.56 Å². The summed E-state index contributed by atoms with van der Waals surface area (Å²) >= 11 is 0. The first-order chi connectivity index (χ1) is 18.4. The van der Waals surface area contributed by atoms with Crippen molar-refractivity contribution in [2.24, 2.45) is 0 Å². The highest BCUT2D eigenvalue weighted by molar-refractivity contribution is 5.90. The molecule has 0 amide bonds. The fourth-order valence-electron chi connectivity index (χ4n) is 3.84. The number of benzene rings is 3. The molecule has 1 heterocycles. The first-order valence-electron chi connectivity index (χ1n) is 11.4. The van der Waals surface area contributed by atoms with Crippen LogP contribution >= 0.6 is 0 Å². The molecule has 0 aliphatic rings. The number of ether oxygens (including phenoxy) is 6. The third-order valence-electron chi connectivity index (χ3n) is 5.69. The molecule has 0 atom stereocenters. The maximum Gasteiger partial charge on any atom is 0.336 e. The van der Waals surface area contributed by atoms with E-state index >= 15 is 0 Å². The van der Waals surface area contributed by atoms with Gasteiger partial charge in [0, 0.05) is 17.7 Å². The Balaban J connectivity index is 1.58. The predicted octanol–water partition coefficient (Wildman–Crippen LogP) is 5.12. The third-order valence-corrected chi connectivity index (χ3v) is 5.69. The fraction of sp³-hybridized carbons (Fsp3) is 0.172. The van der Waals surface area contributed by atoms with E-state index in [-0.39, 0.29) is 16.6 Å². The summed E-state index contributed by atoms with van der Waals surface area (Å²) in [6.07, 6.45) is 2.87. The summed E-state index contributed by atoms with van der Waals surface area (Å²) in [6, 6.07) is 14.5. The number of methoxy groups -OCH3 is 5. The lowest BCUT2D eigenvalue weighted by atomic mass is 10.1. The van der Waals surface area contributed by atoms with Crippen LogP contribution in [0.4, 0.5) is 0 Å². The van der Waals surface area contributed by atoms with Crippen LogP contribution in [0.2, 0.25) is 0 Å². The molecule has 3 aromatic carbocycles. The van der Waals surface area contributed by atoms with Crippen LogP contribution in [0.15, 0.2) is 69.9 Å². The van der Waals surface area contributed by atoms with Crippen molar-refractivity contribution < 1.29 is 37.6 Å². The molecular weight excluding hydrogens is 492 g/mol. The SMILES string of the molecule is COc1ccc(/C=C/C(=O)Oc2ccc3oc(-c4cc(OC)c(OC)c(OC)c4)cc(=O)c3c2)cc1OC. The molecule has 0 unspecified atom stereocenters. The van der Waals surface area contributed by atoms with Gasteiger partial charge in [-0.05, 0) is 54.1 Å². The smallest absolute Gasteiger partial charge is 0.336 e. The molecular formula is C29H26O9. The second-order valence-corrected chi connectivity index (χ2v) is 7.92. The Hall–Kier alpha value is -4.92. The number of rotatable bonds is 9. The lowest BCUT2D eigenvalue weighted by Gasteiger charge is -2.14. The number of carbonyl (C=O) groups excluding carboxylic acids is 1. The number of hydrogen-bond acceptors (Lipinski definition) is 9. The van der Waals surface area contributed by atoms with Crippen molar-refractivity contribution in [2.45, 2.75) is 0 Å². The van der Waals surface area contributed by atoms with Crippen LogP contribution in [0, 0.1) is 0 Å². The summed E-state index contributed by atoms with van der Waals surface area (Å²) < 4.78 is 38.0. The number of hydrogen-bond donors (Lipinski definition) is 0. The van der Waals surface area contributed by atoms with Crippen molar-refractivity contribution in [3.05, 3.63) is 76.5 Å². The average molecular weight is 519 g/mol. The van der Waals surface area contributed by atoms with Gasteiger partial charge in [-0.25, -0.2) is 4.79 Å². The standard InChI is InChI=1S/C29H26O9/c1-32-23-9-6-17(12-25(23)33-2)7-11-28(31)37-19-8-10-22-20(15-19)21(30)16-24(38-22)18-13-26(34-3)29(36-5)27(14-18)35-4/h6-16H,1-5H3/b11-7+. The highest BCUT2D eigenvalue weighted by atomic mass is 16.5. The first-order valence-corrected chi connectivity index (χ1v) is 11.4. The number of fused-ring (bicyclic) bond motifs is 1. The van der Waals surface area contributed by atoms with Gasteiger partial charge in [0.25, 0.3) is 0 Å². The van der Waals surface area contributed by atoms with Crippen LogP contribution in [0.3, 0.4) is 0 Å². The first kappa shape index (κ1) is 26.2. The van der Waals surface area contributed by atoms with Crippen LogP contribution in [0.25, 0.3) is 28.4 Å². The Morgan fingerprint density at radius 3 is 2.05 bits per heavy atom. The second kappa shape index (κ2) is 11.4. The van der Waals surface area contributed by atoms with E-state index in [1.165, 1.54) is 46.6 Å². The zero-order valence-electron chi connectivity index (χ0n) is 21.5. The molecule has 4 rings (SSSR count). The van der Waals surface area contributed by atoms with Gasteiger partial charge in [-0.15, -0.1) is 0 Å². The zero-order chi connectivity index (χ0) is 27.2. The lowest BCUT2D eigenvalue weighted by Crippen LogP contribution is -2.05. The Kier molecular flexibility index (Phi) is 7.86. The van der Waals surface area contributed by atoms with Crippen LogP contribution in [-0.4, -0.2) is 41.5 Å². The van der Waals surface area contributed by atoms with E-state index in [1.54, 1.807) is 55.7 Å². The zero-order valence-corrected chi connectivity index (χ0v) is 21.5. The molecule has 0 aliphatic heterocycles. The van der Waals surface area contributed by atoms with Crippen molar-refractivity contribution in [1.82, 2.24) is 0 Å². The van der Waals surface area contributed by atoms with Crippen LogP contribution in [0.5, 0.6) is 34.5 Å². The molecule has 9 heteroatoms. The van der Waals surface area contributed by atoms with Crippen molar-refractivity contribution in [2.75, 3.05) is 35.5 Å². The molecule has 38 heavy (non-hydrogen) atoms. The Bertz CT molecular complexity index is 1540. The van der Waals surface area contributed by atoms with E-state index in [2.05, 4.69) is 0 Å². The highest BCUT2D eigenvalue weighted by Gasteiger charge is 2.17. The van der Waals surface area contributed by atoms with Gasteiger partial charge >= 0.3 is 5.97 Å². The maximum atomic E-state index is 12.9. The molecule has 0 N–H and O–H groups in total. The van der Waals surface area contributed by atoms with Crippen molar-refractivity contribution >= 4 is 23.0 Å². The summed E-state index contributed by atoms with van der Waals surface area (Å²) in [5, 5.41) is 0.260. The van der Waals surface area contributed by atoms with Gasteiger partial charge < -0.3 is 32.8 Å². The van der Waals surface area contributed by atoms with Gasteiger partial charge in [-0.1, -0.05) is 6.07 Å². The van der Waals surface area contributed by atoms with Gasteiger partial charge in [-0.2, -0.15) is 0 Å². The Morgan fingerprint density at radius 2 is 1.42 bits per heavy atom. The van der Waals surface area contributed by atoms with Crippen molar-refractivity contribution in [1.29, 1.82) is 0 Å². The van der Waals surface area contributed by atoms with Crippen LogP contribution in [0.1, 0.15) is 5.56 Å². The molecule has 0 saturated heterocycles. The summed E-state index contributed by atoms with van der Waals surface area (Å²) in [4.78, 5) is 25.3. The lowest BCUT2D eigenvalue weighted by molar-refractivity contribution is -0.128. The predicted molar refractivity (Wildman–Crippen MR) is 142 cm³/mol. The molecule has 0 fully saturated rings. The largest absolute Gasteiger partial charge is 0.493 e. The van der Waals surface area contributed by atoms with Crippen LogP contribution in [-0.2, 0) is 4.79 Å². The molecule has 0 bridgehead atoms. The topological polar surface area (TPSA) is 103 Å². The molecule has 0 saturated carbocycles. The number of esters is 1. The van der Waals surface area contributed by atoms with Crippen LogP contribution < -0.4 is 33.8 Å². The average Bonchev–Trinajstić information content (AvgIpc) is 2.95. The minimum atomic E-state index is -0.613. The molecule has 0 radical (unpaired) electrons. The summed E-state index contributed by atoms with van der Waals surface area (Å²) in [5.41, 5.74) is 1.29. The monoisotopic (exact) mass is 518 g/mol. The van der Waals surface area contributed by atoms with Gasteiger partial charge in [0.05, 0.1) is 40.9 Å². The molecule has 196 valence electrons. The van der Waals surface area contributed by atoms with E-state index < -0.39 is 5.97 Å². The molecule has 4 aromatic rings. The molecule has 9 nitrogen and oxygen atoms in total. The maximum absolute atomic E-state index is 12.9. The summed E-state index contributed by atoms with van der Waals surface area (Å²) in [6.45, 7) is 0. The van der Waals surface area contributed by atoms with Gasteiger partial charge in [-0.3, -0.25) is 4.79 Å². The molecule has 1 aromatic heterocycles. The Labute approximate surface area is 218 Å². The van der Waals surface area contributed by atoms with E-state index in [0.29, 0.717) is 45.7 Å². The fourth-order valence-corrected chi connectivity index (χ4v) is 3.84. The van der Waals surface area contributed by atoms with Crippen molar-refractivity contribution in [3.8, 4) is 45.8 Å². The molecule has 0 aliphatic carbocycles. The normalized spacial score (nSPS) is 10.9. The van der Waals surface area contributed by atoms with E-state index in [4.69, 9.17) is 32.8 Å². The van der Waals surface area contributed by atoms with E-state index in [1.807, 2.05) is 0 Å². The quantitative estimate of drug-likeness (QED) is 0.170. The van der Waals surface area contributed by atoms with Crippen molar-refractivity contribution in [3.63, 3.8) is 0 Å². The van der Waals surface area contributed by atoms with Gasteiger partial charge in [0.2, 0.25) is 5.75 Å². The third kappa shape index (κ3) is 5.41. The number of carbonyl (C=O) groups is 1. The minimum Gasteiger partial charge on any atom is -0.493 e. The minimum absolute atomic E-state index is 0.201. The van der Waals surface area contributed by atoms with Gasteiger partial charge in [0.15, 0.2) is 28.4 Å². The summed E-state index contributed by atoms with van der Waals surface area (Å²) in [5.74, 6) is 2.29. The van der Waals surface area contributed by atoms with E-state index in [9.17, 15) is 9.59 Å². The van der Waals surface area contributed by atoms with Gasteiger partial charge in [0.1, 0.15) is 17.1 Å². The second-order valence-electron chi connectivity index (χ2n) is 7.92. The highest BCUT2D eigenvalue weighted by Crippen LogP contribution is 2.41. The molecule has 0 spiro atoms. The summed E-state index contributed by atoms with van der Waals surface area (Å²) in [7, 11) is 7.59.